The molecule has 0 N–H and O–H groups in total. The van der Waals surface area contributed by atoms with E-state index in [0.717, 1.165) is 24.2 Å². The quantitative estimate of drug-likeness (QED) is 0.500. The second-order valence-electron chi connectivity index (χ2n) is 5.75. The molecule has 0 aliphatic carbocycles. The van der Waals surface area contributed by atoms with Crippen LogP contribution in [-0.4, -0.2) is 0 Å². The van der Waals surface area contributed by atoms with Crippen LogP contribution in [0.15, 0.2) is 12.2 Å². The second kappa shape index (κ2) is 7.09. The number of hydrogen-bond acceptors (Lipinski definition) is 0. The van der Waals surface area contributed by atoms with E-state index >= 15 is 0 Å². The molecule has 0 aliphatic heterocycles. The van der Waals surface area contributed by atoms with Gasteiger partial charge in [-0.15, -0.1) is 0 Å². The van der Waals surface area contributed by atoms with Crippen LogP contribution in [0.2, 0.25) is 0 Å². The molecular formula is C15H30. The van der Waals surface area contributed by atoms with E-state index in [1.54, 1.807) is 0 Å². The van der Waals surface area contributed by atoms with E-state index in [1.807, 2.05) is 0 Å². The normalized spacial score (nSPS) is 17.5. The molecule has 0 aromatic rings. The fraction of sp³-hybridized carbons (Fsp3) is 0.867. The molecule has 3 unspecified atom stereocenters. The maximum Gasteiger partial charge on any atom is -0.0209 e. The Bertz CT molecular complexity index is 178. The maximum absolute atomic E-state index is 4.16. The second-order valence-corrected chi connectivity index (χ2v) is 5.75. The monoisotopic (exact) mass is 210 g/mol. The van der Waals surface area contributed by atoms with Crippen molar-refractivity contribution in [2.75, 3.05) is 0 Å². The van der Waals surface area contributed by atoms with Gasteiger partial charge >= 0.3 is 0 Å². The van der Waals surface area contributed by atoms with Crippen LogP contribution in [0.4, 0.5) is 0 Å². The van der Waals surface area contributed by atoms with Gasteiger partial charge in [-0.1, -0.05) is 53.7 Å². The lowest BCUT2D eigenvalue weighted by atomic mass is 9.81. The number of rotatable bonds is 7. The summed E-state index contributed by atoms with van der Waals surface area (Å²) in [6.45, 7) is 18.1. The predicted octanol–water partition coefficient (Wildman–Crippen LogP) is 5.30. The zero-order valence-electron chi connectivity index (χ0n) is 11.6. The van der Waals surface area contributed by atoms with Crippen molar-refractivity contribution in [3.8, 4) is 0 Å². The first kappa shape index (κ1) is 14.7. The van der Waals surface area contributed by atoms with Crippen LogP contribution >= 0.6 is 0 Å². The van der Waals surface area contributed by atoms with E-state index in [9.17, 15) is 0 Å². The summed E-state index contributed by atoms with van der Waals surface area (Å²) in [5, 5.41) is 0. The molecule has 0 saturated carbocycles. The predicted molar refractivity (Wildman–Crippen MR) is 71.0 cm³/mol. The first-order chi connectivity index (χ1) is 6.88. The van der Waals surface area contributed by atoms with E-state index in [4.69, 9.17) is 0 Å². The van der Waals surface area contributed by atoms with E-state index in [0.29, 0.717) is 5.92 Å². The third kappa shape index (κ3) is 6.02. The molecule has 3 atom stereocenters. The molecule has 0 nitrogen and oxygen atoms in total. The Kier molecular flexibility index (Phi) is 6.96. The van der Waals surface area contributed by atoms with Crippen molar-refractivity contribution in [2.24, 2.45) is 23.7 Å². The molecule has 0 heterocycles. The highest BCUT2D eigenvalue weighted by Gasteiger charge is 2.17. The van der Waals surface area contributed by atoms with Crippen LogP contribution in [0.5, 0.6) is 0 Å². The maximum atomic E-state index is 4.16. The molecule has 15 heavy (non-hydrogen) atoms. The highest BCUT2D eigenvalue weighted by Crippen LogP contribution is 2.28. The van der Waals surface area contributed by atoms with Crippen molar-refractivity contribution in [3.63, 3.8) is 0 Å². The zero-order valence-corrected chi connectivity index (χ0v) is 11.6. The molecule has 0 heteroatoms. The third-order valence-electron chi connectivity index (χ3n) is 3.60. The molecule has 0 aliphatic rings. The minimum Gasteiger partial charge on any atom is -0.0996 e. The van der Waals surface area contributed by atoms with E-state index in [2.05, 4.69) is 48.1 Å². The van der Waals surface area contributed by atoms with Gasteiger partial charge in [0.25, 0.3) is 0 Å². The molecular weight excluding hydrogens is 180 g/mol. The smallest absolute Gasteiger partial charge is 0.0209 e. The van der Waals surface area contributed by atoms with Crippen LogP contribution in [0, 0.1) is 23.7 Å². The van der Waals surface area contributed by atoms with Crippen molar-refractivity contribution in [3.05, 3.63) is 12.2 Å². The van der Waals surface area contributed by atoms with Gasteiger partial charge in [-0.3, -0.25) is 0 Å². The van der Waals surface area contributed by atoms with Crippen molar-refractivity contribution < 1.29 is 0 Å². The molecule has 0 aromatic carbocycles. The molecule has 0 bridgehead atoms. The highest BCUT2D eigenvalue weighted by molar-refractivity contribution is 4.99. The molecule has 0 rings (SSSR count). The van der Waals surface area contributed by atoms with Crippen molar-refractivity contribution in [2.45, 2.75) is 60.8 Å². The van der Waals surface area contributed by atoms with Gasteiger partial charge in [-0.05, 0) is 42.9 Å². The Morgan fingerprint density at radius 2 is 1.53 bits per heavy atom. The fourth-order valence-corrected chi connectivity index (χ4v) is 2.46. The van der Waals surface area contributed by atoms with Gasteiger partial charge in [0.05, 0.1) is 0 Å². The molecule has 90 valence electrons. The molecule has 0 radical (unpaired) electrons. The number of allylic oxidation sites excluding steroid dienone is 1. The molecule has 0 amide bonds. The zero-order chi connectivity index (χ0) is 12.0. The summed E-state index contributed by atoms with van der Waals surface area (Å²) in [4.78, 5) is 0. The van der Waals surface area contributed by atoms with Crippen molar-refractivity contribution in [1.29, 1.82) is 0 Å². The average Bonchev–Trinajstić information content (AvgIpc) is 2.13. The molecule has 0 fully saturated rings. The summed E-state index contributed by atoms with van der Waals surface area (Å²) in [7, 11) is 0. The lowest BCUT2D eigenvalue weighted by molar-refractivity contribution is 0.308. The Balaban J connectivity index is 4.00. The molecule has 0 aromatic heterocycles. The van der Waals surface area contributed by atoms with Gasteiger partial charge in [-0.2, -0.15) is 0 Å². The summed E-state index contributed by atoms with van der Waals surface area (Å²) in [5.74, 6) is 3.15. The standard InChI is InChI=1S/C15H30/c1-8-13(5)15(7)14(6)10-12(4)9-11(2)3/h11-12,14-15H,5,8-10H2,1-4,6-7H3. The van der Waals surface area contributed by atoms with Gasteiger partial charge in [0.15, 0.2) is 0 Å². The van der Waals surface area contributed by atoms with E-state index in [-0.39, 0.29) is 0 Å². The van der Waals surface area contributed by atoms with Crippen LogP contribution in [0.25, 0.3) is 0 Å². The lowest BCUT2D eigenvalue weighted by Gasteiger charge is -2.25. The summed E-state index contributed by atoms with van der Waals surface area (Å²) in [5.41, 5.74) is 1.42. The Labute approximate surface area is 97.2 Å². The first-order valence-corrected chi connectivity index (χ1v) is 6.56. The van der Waals surface area contributed by atoms with Gasteiger partial charge in [-0.25, -0.2) is 0 Å². The van der Waals surface area contributed by atoms with Gasteiger partial charge in [0.1, 0.15) is 0 Å². The van der Waals surface area contributed by atoms with Crippen LogP contribution in [0.3, 0.4) is 0 Å². The summed E-state index contributed by atoms with van der Waals surface area (Å²) >= 11 is 0. The fourth-order valence-electron chi connectivity index (χ4n) is 2.46. The Morgan fingerprint density at radius 3 is 1.93 bits per heavy atom. The molecule has 0 saturated heterocycles. The Hall–Kier alpha value is -0.260. The summed E-state index contributed by atoms with van der Waals surface area (Å²) in [6.07, 6.45) is 3.83. The third-order valence-corrected chi connectivity index (χ3v) is 3.60. The Morgan fingerprint density at radius 1 is 1.00 bits per heavy atom. The van der Waals surface area contributed by atoms with Crippen LogP contribution < -0.4 is 0 Å². The van der Waals surface area contributed by atoms with Crippen LogP contribution in [0.1, 0.15) is 60.8 Å². The minimum atomic E-state index is 0.685. The van der Waals surface area contributed by atoms with Gasteiger partial charge < -0.3 is 0 Å². The largest absolute Gasteiger partial charge is 0.0996 e. The van der Waals surface area contributed by atoms with Crippen LogP contribution in [-0.2, 0) is 0 Å². The highest BCUT2D eigenvalue weighted by atomic mass is 14.2. The first-order valence-electron chi connectivity index (χ1n) is 6.56. The average molecular weight is 210 g/mol. The topological polar surface area (TPSA) is 0 Å². The van der Waals surface area contributed by atoms with Crippen molar-refractivity contribution >= 4 is 0 Å². The SMILES string of the molecule is C=C(CC)C(C)C(C)CC(C)CC(C)C. The van der Waals surface area contributed by atoms with Crippen molar-refractivity contribution in [1.82, 2.24) is 0 Å². The van der Waals surface area contributed by atoms with Gasteiger partial charge in [0, 0.05) is 0 Å². The lowest BCUT2D eigenvalue weighted by Crippen LogP contribution is -2.14. The number of hydrogen-bond donors (Lipinski definition) is 0. The molecule has 0 spiro atoms. The summed E-state index contributed by atoms with van der Waals surface area (Å²) < 4.78 is 0. The minimum absolute atomic E-state index is 0.685. The van der Waals surface area contributed by atoms with E-state index < -0.39 is 0 Å². The summed E-state index contributed by atoms with van der Waals surface area (Å²) in [6, 6.07) is 0. The van der Waals surface area contributed by atoms with E-state index in [1.165, 1.54) is 18.4 Å². The van der Waals surface area contributed by atoms with Gasteiger partial charge in [0.2, 0.25) is 0 Å².